The molecule has 0 radical (unpaired) electrons. The van der Waals surface area contributed by atoms with Crippen LogP contribution in [0.25, 0.3) is 0 Å². The number of nitrogens with zero attached hydrogens (tertiary/aromatic N) is 3. The maximum Gasteiger partial charge on any atom is 0.219 e. The van der Waals surface area contributed by atoms with Crippen LogP contribution in [0.5, 0.6) is 0 Å². The Hall–Kier alpha value is -2.20. The van der Waals surface area contributed by atoms with Gasteiger partial charge in [-0.05, 0) is 49.9 Å². The second kappa shape index (κ2) is 8.22. The molecule has 2 aromatic rings. The first-order chi connectivity index (χ1) is 13.2. The minimum Gasteiger partial charge on any atom is -0.343 e. The minimum absolute atomic E-state index is 0.210. The maximum absolute atomic E-state index is 11.6. The Kier molecular flexibility index (Phi) is 5.53. The summed E-state index contributed by atoms with van der Waals surface area (Å²) in [6.07, 6.45) is 5.48. The highest BCUT2D eigenvalue weighted by Crippen LogP contribution is 2.35. The van der Waals surface area contributed by atoms with Crippen LogP contribution in [0, 0.1) is 0 Å². The van der Waals surface area contributed by atoms with Gasteiger partial charge in [-0.1, -0.05) is 36.4 Å². The number of hydrogen-bond donors (Lipinski definition) is 0. The summed E-state index contributed by atoms with van der Waals surface area (Å²) >= 11 is 0. The Labute approximate surface area is 162 Å². The maximum atomic E-state index is 11.6. The van der Waals surface area contributed by atoms with Crippen molar-refractivity contribution in [2.75, 3.05) is 19.6 Å². The number of piperidine rings is 1. The first-order valence-electron chi connectivity index (χ1n) is 10.2. The molecule has 1 amide bonds. The Morgan fingerprint density at radius 2 is 1.78 bits per heavy atom. The number of pyridine rings is 1. The molecule has 0 N–H and O–H groups in total. The van der Waals surface area contributed by atoms with Crippen molar-refractivity contribution in [1.29, 1.82) is 0 Å². The van der Waals surface area contributed by atoms with E-state index in [2.05, 4.69) is 53.4 Å². The van der Waals surface area contributed by atoms with E-state index in [1.165, 1.54) is 24.1 Å². The number of carbonyl (C=O) groups excluding carboxylic acids is 1. The van der Waals surface area contributed by atoms with Crippen molar-refractivity contribution in [2.24, 2.45) is 0 Å². The molecule has 2 aliphatic heterocycles. The quantitative estimate of drug-likeness (QED) is 0.829. The molecule has 4 heteroatoms. The van der Waals surface area contributed by atoms with Crippen LogP contribution in [0.1, 0.15) is 55.6 Å². The molecule has 4 nitrogen and oxygen atoms in total. The lowest BCUT2D eigenvalue weighted by Crippen LogP contribution is -2.46. The van der Waals surface area contributed by atoms with Gasteiger partial charge in [0.1, 0.15) is 0 Å². The normalized spacial score (nSPS) is 21.5. The summed E-state index contributed by atoms with van der Waals surface area (Å²) in [5.74, 6) is 0.210. The van der Waals surface area contributed by atoms with Crippen LogP contribution in [0.15, 0.2) is 48.5 Å². The van der Waals surface area contributed by atoms with Crippen LogP contribution in [-0.2, 0) is 11.2 Å². The molecule has 1 atom stereocenters. The molecule has 3 heterocycles. The summed E-state index contributed by atoms with van der Waals surface area (Å²) in [6.45, 7) is 4.62. The number of likely N-dealkylation sites (tertiary alicyclic amines) is 2. The predicted molar refractivity (Wildman–Crippen MR) is 107 cm³/mol. The highest BCUT2D eigenvalue weighted by Gasteiger charge is 2.34. The molecule has 0 saturated carbocycles. The predicted octanol–water partition coefficient (Wildman–Crippen LogP) is 3.82. The van der Waals surface area contributed by atoms with E-state index in [0.717, 1.165) is 44.6 Å². The number of rotatable bonds is 4. The topological polar surface area (TPSA) is 36.4 Å². The van der Waals surface area contributed by atoms with E-state index in [-0.39, 0.29) is 5.91 Å². The van der Waals surface area contributed by atoms with Crippen LogP contribution >= 0.6 is 0 Å². The van der Waals surface area contributed by atoms with Crippen molar-refractivity contribution >= 4 is 5.91 Å². The third-order valence-corrected chi connectivity index (χ3v) is 6.07. The SMILES string of the molecule is CC(=O)N1CCC(N2CCCC2c2cccc(Cc3ccccc3)n2)CC1. The largest absolute Gasteiger partial charge is 0.343 e. The smallest absolute Gasteiger partial charge is 0.219 e. The van der Waals surface area contributed by atoms with Gasteiger partial charge in [-0.15, -0.1) is 0 Å². The lowest BCUT2D eigenvalue weighted by molar-refractivity contribution is -0.130. The van der Waals surface area contributed by atoms with Crippen molar-refractivity contribution in [3.05, 3.63) is 65.5 Å². The van der Waals surface area contributed by atoms with E-state index in [1.807, 2.05) is 4.90 Å². The monoisotopic (exact) mass is 363 g/mol. The zero-order chi connectivity index (χ0) is 18.6. The molecule has 2 saturated heterocycles. The van der Waals surface area contributed by atoms with Gasteiger partial charge in [0.2, 0.25) is 5.91 Å². The third-order valence-electron chi connectivity index (χ3n) is 6.07. The Balaban J connectivity index is 1.46. The summed E-state index contributed by atoms with van der Waals surface area (Å²) in [4.78, 5) is 21.3. The van der Waals surface area contributed by atoms with E-state index in [4.69, 9.17) is 4.98 Å². The molecule has 0 spiro atoms. The molecule has 142 valence electrons. The number of hydrogen-bond acceptors (Lipinski definition) is 3. The molecule has 0 bridgehead atoms. The van der Waals surface area contributed by atoms with Crippen LogP contribution < -0.4 is 0 Å². The lowest BCUT2D eigenvalue weighted by atomic mass is 10.0. The summed E-state index contributed by atoms with van der Waals surface area (Å²) in [6, 6.07) is 18.1. The van der Waals surface area contributed by atoms with Crippen LogP contribution in [-0.4, -0.2) is 46.4 Å². The first kappa shape index (κ1) is 18.2. The Morgan fingerprint density at radius 1 is 1.00 bits per heavy atom. The second-order valence-electron chi connectivity index (χ2n) is 7.85. The van der Waals surface area contributed by atoms with Crippen molar-refractivity contribution in [1.82, 2.24) is 14.8 Å². The second-order valence-corrected chi connectivity index (χ2v) is 7.85. The average molecular weight is 364 g/mol. The lowest BCUT2D eigenvalue weighted by Gasteiger charge is -2.39. The molecule has 1 aromatic heterocycles. The van der Waals surface area contributed by atoms with Gasteiger partial charge in [-0.3, -0.25) is 14.7 Å². The Bertz CT molecular complexity index is 768. The highest BCUT2D eigenvalue weighted by molar-refractivity contribution is 5.73. The van der Waals surface area contributed by atoms with Crippen molar-refractivity contribution in [2.45, 2.75) is 51.1 Å². The van der Waals surface area contributed by atoms with Gasteiger partial charge in [-0.2, -0.15) is 0 Å². The molecule has 2 fully saturated rings. The molecular weight excluding hydrogens is 334 g/mol. The van der Waals surface area contributed by atoms with Gasteiger partial charge in [0.15, 0.2) is 0 Å². The number of aromatic nitrogens is 1. The van der Waals surface area contributed by atoms with Gasteiger partial charge < -0.3 is 4.90 Å². The van der Waals surface area contributed by atoms with Gasteiger partial charge >= 0.3 is 0 Å². The number of amides is 1. The molecule has 1 aromatic carbocycles. The number of benzene rings is 1. The van der Waals surface area contributed by atoms with Crippen molar-refractivity contribution in [3.8, 4) is 0 Å². The van der Waals surface area contributed by atoms with Crippen LogP contribution in [0.2, 0.25) is 0 Å². The number of carbonyl (C=O) groups is 1. The van der Waals surface area contributed by atoms with Crippen molar-refractivity contribution < 1.29 is 4.79 Å². The van der Waals surface area contributed by atoms with Crippen LogP contribution in [0.4, 0.5) is 0 Å². The minimum atomic E-state index is 0.210. The standard InChI is InChI=1S/C23H29N3O/c1-18(27)25-15-12-21(13-16-25)26-14-6-11-23(26)22-10-5-9-20(24-22)17-19-7-3-2-4-8-19/h2-5,7-10,21,23H,6,11-17H2,1H3. The van der Waals surface area contributed by atoms with E-state index < -0.39 is 0 Å². The molecule has 0 aliphatic carbocycles. The van der Waals surface area contributed by atoms with Gasteiger partial charge in [0, 0.05) is 38.2 Å². The highest BCUT2D eigenvalue weighted by atomic mass is 16.2. The zero-order valence-electron chi connectivity index (χ0n) is 16.2. The van der Waals surface area contributed by atoms with Gasteiger partial charge in [-0.25, -0.2) is 0 Å². The molecule has 2 aliphatic rings. The van der Waals surface area contributed by atoms with Gasteiger partial charge in [0.05, 0.1) is 11.7 Å². The fraction of sp³-hybridized carbons (Fsp3) is 0.478. The third kappa shape index (κ3) is 4.22. The van der Waals surface area contributed by atoms with E-state index in [0.29, 0.717) is 12.1 Å². The van der Waals surface area contributed by atoms with E-state index >= 15 is 0 Å². The molecular formula is C23H29N3O. The summed E-state index contributed by atoms with van der Waals surface area (Å²) < 4.78 is 0. The van der Waals surface area contributed by atoms with E-state index in [9.17, 15) is 4.79 Å². The summed E-state index contributed by atoms with van der Waals surface area (Å²) in [5, 5.41) is 0. The molecule has 4 rings (SSSR count). The fourth-order valence-electron chi connectivity index (χ4n) is 4.64. The van der Waals surface area contributed by atoms with Gasteiger partial charge in [0.25, 0.3) is 0 Å². The first-order valence-corrected chi connectivity index (χ1v) is 10.2. The average Bonchev–Trinajstić information content (AvgIpc) is 3.19. The van der Waals surface area contributed by atoms with Crippen molar-refractivity contribution in [3.63, 3.8) is 0 Å². The summed E-state index contributed by atoms with van der Waals surface area (Å²) in [5.41, 5.74) is 3.67. The molecule has 1 unspecified atom stereocenters. The zero-order valence-corrected chi connectivity index (χ0v) is 16.2. The van der Waals surface area contributed by atoms with E-state index in [1.54, 1.807) is 6.92 Å². The van der Waals surface area contributed by atoms with Crippen LogP contribution in [0.3, 0.4) is 0 Å². The molecule has 27 heavy (non-hydrogen) atoms. The Morgan fingerprint density at radius 3 is 2.52 bits per heavy atom. The fourth-order valence-corrected chi connectivity index (χ4v) is 4.64. The summed E-state index contributed by atoms with van der Waals surface area (Å²) in [7, 11) is 0.